The van der Waals surface area contributed by atoms with Gasteiger partial charge in [0.05, 0.1) is 5.69 Å². The number of benzene rings is 3. The molecule has 0 aliphatic carbocycles. The molecule has 0 saturated heterocycles. The van der Waals surface area contributed by atoms with E-state index in [0.29, 0.717) is 16.7 Å². The summed E-state index contributed by atoms with van der Waals surface area (Å²) in [4.78, 5) is 11.1. The van der Waals surface area contributed by atoms with Crippen LogP contribution in [0.1, 0.15) is 19.4 Å². The van der Waals surface area contributed by atoms with Crippen LogP contribution in [0.25, 0.3) is 22.3 Å². The highest BCUT2D eigenvalue weighted by atomic mass is 19.1. The largest absolute Gasteiger partial charge is 0.507 e. The average Bonchev–Trinajstić information content (AvgIpc) is 2.63. The van der Waals surface area contributed by atoms with Crippen LogP contribution in [-0.4, -0.2) is 11.0 Å². The molecule has 0 atom stereocenters. The lowest BCUT2D eigenvalue weighted by atomic mass is 9.96. The second-order valence-electron chi connectivity index (χ2n) is 6.13. The van der Waals surface area contributed by atoms with Gasteiger partial charge < -0.3 is 10.4 Å². The zero-order valence-electron chi connectivity index (χ0n) is 14.7. The monoisotopic (exact) mass is 349 g/mol. The molecular weight excluding hydrogens is 329 g/mol. The number of hydrogen-bond acceptors (Lipinski definition) is 2. The molecule has 1 amide bonds. The molecule has 0 bridgehead atoms. The zero-order valence-corrected chi connectivity index (χ0v) is 14.7. The first-order valence-corrected chi connectivity index (χ1v) is 8.48. The fourth-order valence-corrected chi connectivity index (χ4v) is 2.94. The number of anilines is 1. The maximum atomic E-state index is 14.3. The molecule has 3 nitrogen and oxygen atoms in total. The van der Waals surface area contributed by atoms with Crippen LogP contribution in [0.4, 0.5) is 10.1 Å². The van der Waals surface area contributed by atoms with Gasteiger partial charge in [-0.2, -0.15) is 0 Å². The van der Waals surface area contributed by atoms with Crippen LogP contribution in [0.5, 0.6) is 5.75 Å². The van der Waals surface area contributed by atoms with E-state index in [4.69, 9.17) is 0 Å². The van der Waals surface area contributed by atoms with Crippen molar-refractivity contribution in [3.8, 4) is 28.0 Å². The molecule has 0 heterocycles. The Morgan fingerprint density at radius 1 is 1.00 bits per heavy atom. The second-order valence-corrected chi connectivity index (χ2v) is 6.13. The molecule has 3 aromatic carbocycles. The molecule has 0 fully saturated rings. The van der Waals surface area contributed by atoms with Crippen molar-refractivity contribution in [1.29, 1.82) is 0 Å². The van der Waals surface area contributed by atoms with Crippen LogP contribution in [0.15, 0.2) is 60.7 Å². The molecule has 132 valence electrons. The van der Waals surface area contributed by atoms with Crippen molar-refractivity contribution < 1.29 is 14.3 Å². The SMILES string of the molecule is CCc1cccc(-c2cccc(-c3ccc(NC(C)=O)c(F)c3)c2O)c1. The van der Waals surface area contributed by atoms with E-state index < -0.39 is 5.82 Å². The molecule has 26 heavy (non-hydrogen) atoms. The number of halogens is 1. The Morgan fingerprint density at radius 2 is 1.65 bits per heavy atom. The Kier molecular flexibility index (Phi) is 5.03. The van der Waals surface area contributed by atoms with Gasteiger partial charge in [-0.3, -0.25) is 4.79 Å². The van der Waals surface area contributed by atoms with Gasteiger partial charge in [0, 0.05) is 18.1 Å². The Bertz CT molecular complexity index is 966. The highest BCUT2D eigenvalue weighted by Gasteiger charge is 2.13. The van der Waals surface area contributed by atoms with Gasteiger partial charge in [0.25, 0.3) is 0 Å². The second kappa shape index (κ2) is 7.40. The summed E-state index contributed by atoms with van der Waals surface area (Å²) in [6.07, 6.45) is 0.907. The molecule has 0 aliphatic heterocycles. The first-order valence-electron chi connectivity index (χ1n) is 8.48. The number of carbonyl (C=O) groups is 1. The van der Waals surface area contributed by atoms with Gasteiger partial charge in [0.1, 0.15) is 11.6 Å². The third-order valence-electron chi connectivity index (χ3n) is 4.27. The molecule has 4 heteroatoms. The summed E-state index contributed by atoms with van der Waals surface area (Å²) in [5.41, 5.74) is 3.99. The number of para-hydroxylation sites is 1. The molecule has 0 aliphatic rings. The quantitative estimate of drug-likeness (QED) is 0.664. The summed E-state index contributed by atoms with van der Waals surface area (Å²) in [5.74, 6) is -0.778. The average molecular weight is 349 g/mol. The lowest BCUT2D eigenvalue weighted by Gasteiger charge is -2.12. The van der Waals surface area contributed by atoms with Crippen molar-refractivity contribution >= 4 is 11.6 Å². The zero-order chi connectivity index (χ0) is 18.7. The van der Waals surface area contributed by atoms with Crippen molar-refractivity contribution in [3.63, 3.8) is 0 Å². The third-order valence-corrected chi connectivity index (χ3v) is 4.27. The Morgan fingerprint density at radius 3 is 2.27 bits per heavy atom. The molecule has 0 radical (unpaired) electrons. The van der Waals surface area contributed by atoms with Crippen molar-refractivity contribution in [1.82, 2.24) is 0 Å². The predicted molar refractivity (Wildman–Crippen MR) is 103 cm³/mol. The number of nitrogens with one attached hydrogen (secondary N) is 1. The van der Waals surface area contributed by atoms with Crippen LogP contribution in [0.2, 0.25) is 0 Å². The van der Waals surface area contributed by atoms with E-state index in [1.165, 1.54) is 24.6 Å². The summed E-state index contributed by atoms with van der Waals surface area (Å²) in [6.45, 7) is 3.40. The van der Waals surface area contributed by atoms with Gasteiger partial charge in [-0.15, -0.1) is 0 Å². The van der Waals surface area contributed by atoms with Crippen molar-refractivity contribution in [2.45, 2.75) is 20.3 Å². The number of hydrogen-bond donors (Lipinski definition) is 2. The van der Waals surface area contributed by atoms with Gasteiger partial charge in [-0.1, -0.05) is 55.5 Å². The van der Waals surface area contributed by atoms with E-state index in [2.05, 4.69) is 12.2 Å². The number of rotatable bonds is 4. The normalized spacial score (nSPS) is 10.6. The van der Waals surface area contributed by atoms with E-state index >= 15 is 0 Å². The van der Waals surface area contributed by atoms with Gasteiger partial charge >= 0.3 is 0 Å². The van der Waals surface area contributed by atoms with Crippen LogP contribution in [-0.2, 0) is 11.2 Å². The number of aromatic hydroxyl groups is 1. The summed E-state index contributed by atoms with van der Waals surface area (Å²) in [6, 6.07) is 17.9. The fraction of sp³-hybridized carbons (Fsp3) is 0.136. The molecule has 0 aromatic heterocycles. The molecule has 0 spiro atoms. The minimum atomic E-state index is -0.546. The molecule has 0 unspecified atom stereocenters. The van der Waals surface area contributed by atoms with Gasteiger partial charge in [0.2, 0.25) is 5.91 Å². The van der Waals surface area contributed by atoms with Crippen LogP contribution in [0.3, 0.4) is 0 Å². The lowest BCUT2D eigenvalue weighted by Crippen LogP contribution is -2.07. The Hall–Kier alpha value is -3.14. The van der Waals surface area contributed by atoms with Gasteiger partial charge in [0.15, 0.2) is 0 Å². The highest BCUT2D eigenvalue weighted by Crippen LogP contribution is 2.38. The predicted octanol–water partition coefficient (Wildman–Crippen LogP) is 5.39. The standard InChI is InChI=1S/C22H20FNO2/c1-3-15-6-4-7-16(12-15)18-8-5-9-19(22(18)26)17-10-11-21(20(23)13-17)24-14(2)25/h4-13,26H,3H2,1-2H3,(H,24,25). The van der Waals surface area contributed by atoms with Crippen molar-refractivity contribution in [2.24, 2.45) is 0 Å². The van der Waals surface area contributed by atoms with E-state index in [9.17, 15) is 14.3 Å². The van der Waals surface area contributed by atoms with Crippen LogP contribution >= 0.6 is 0 Å². The van der Waals surface area contributed by atoms with Crippen LogP contribution in [0, 0.1) is 5.82 Å². The Labute approximate surface area is 152 Å². The topological polar surface area (TPSA) is 49.3 Å². The summed E-state index contributed by atoms with van der Waals surface area (Å²) >= 11 is 0. The molecule has 3 rings (SSSR count). The number of phenols is 1. The number of phenolic OH excluding ortho intramolecular Hbond substituents is 1. The summed E-state index contributed by atoms with van der Waals surface area (Å²) in [5, 5.41) is 13.2. The van der Waals surface area contributed by atoms with E-state index in [1.54, 1.807) is 12.1 Å². The first-order chi connectivity index (χ1) is 12.5. The number of carbonyl (C=O) groups excluding carboxylic acids is 1. The maximum Gasteiger partial charge on any atom is 0.221 e. The fourth-order valence-electron chi connectivity index (χ4n) is 2.94. The van der Waals surface area contributed by atoms with Crippen LogP contribution < -0.4 is 5.32 Å². The Balaban J connectivity index is 2.04. The highest BCUT2D eigenvalue weighted by molar-refractivity contribution is 5.89. The summed E-state index contributed by atoms with van der Waals surface area (Å²) in [7, 11) is 0. The minimum Gasteiger partial charge on any atom is -0.507 e. The van der Waals surface area contributed by atoms with E-state index in [0.717, 1.165) is 12.0 Å². The minimum absolute atomic E-state index is 0.104. The smallest absolute Gasteiger partial charge is 0.221 e. The molecule has 3 aromatic rings. The van der Waals surface area contributed by atoms with Crippen molar-refractivity contribution in [2.75, 3.05) is 5.32 Å². The van der Waals surface area contributed by atoms with E-state index in [1.807, 2.05) is 36.4 Å². The van der Waals surface area contributed by atoms with Crippen molar-refractivity contribution in [3.05, 3.63) is 72.0 Å². The molecule has 0 saturated carbocycles. The van der Waals surface area contributed by atoms with E-state index in [-0.39, 0.29) is 17.3 Å². The third kappa shape index (κ3) is 3.59. The molecular formula is C22H20FNO2. The summed E-state index contributed by atoms with van der Waals surface area (Å²) < 4.78 is 14.3. The van der Waals surface area contributed by atoms with Gasteiger partial charge in [-0.05, 0) is 35.2 Å². The first kappa shape index (κ1) is 17.7. The maximum absolute atomic E-state index is 14.3. The number of aryl methyl sites for hydroxylation is 1. The number of amides is 1. The van der Waals surface area contributed by atoms with Gasteiger partial charge in [-0.25, -0.2) is 4.39 Å². The lowest BCUT2D eigenvalue weighted by molar-refractivity contribution is -0.114. The molecule has 2 N–H and O–H groups in total.